The standard InChI is InChI=1S/C15H14ClN3OS/c1-20-14-7-5-11(6-8-14)10-17-19-15(21)18-13-4-2-3-12(16)9-13/h2-10H,1H3,(H2,18,19,21)/b17-10-. The van der Waals surface area contributed by atoms with E-state index < -0.39 is 0 Å². The lowest BCUT2D eigenvalue weighted by Gasteiger charge is -2.06. The molecule has 0 atom stereocenters. The number of nitrogens with one attached hydrogen (secondary N) is 2. The van der Waals surface area contributed by atoms with Crippen LogP contribution in [0.4, 0.5) is 5.69 Å². The van der Waals surface area contributed by atoms with Crippen LogP contribution in [0.25, 0.3) is 0 Å². The van der Waals surface area contributed by atoms with Gasteiger partial charge in [0, 0.05) is 10.7 Å². The number of nitrogens with zero attached hydrogens (tertiary/aromatic N) is 1. The second-order valence-corrected chi connectivity index (χ2v) is 4.95. The molecule has 0 aliphatic carbocycles. The molecule has 108 valence electrons. The maximum absolute atomic E-state index is 5.89. The number of benzene rings is 2. The van der Waals surface area contributed by atoms with Crippen molar-refractivity contribution in [1.29, 1.82) is 0 Å². The van der Waals surface area contributed by atoms with Gasteiger partial charge in [-0.15, -0.1) is 0 Å². The molecule has 0 spiro atoms. The highest BCUT2D eigenvalue weighted by Crippen LogP contribution is 2.14. The molecule has 0 unspecified atom stereocenters. The van der Waals surface area contributed by atoms with Crippen molar-refractivity contribution in [3.05, 3.63) is 59.1 Å². The third-order valence-electron chi connectivity index (χ3n) is 2.58. The van der Waals surface area contributed by atoms with Crippen molar-refractivity contribution in [1.82, 2.24) is 5.43 Å². The van der Waals surface area contributed by atoms with E-state index in [0.717, 1.165) is 17.0 Å². The van der Waals surface area contributed by atoms with Gasteiger partial charge in [0.2, 0.25) is 0 Å². The molecule has 0 fully saturated rings. The Hall–Kier alpha value is -2.11. The number of halogens is 1. The number of hydrazone groups is 1. The summed E-state index contributed by atoms with van der Waals surface area (Å²) in [6.45, 7) is 0. The minimum atomic E-state index is 0.391. The van der Waals surface area contributed by atoms with Crippen LogP contribution in [0, 0.1) is 0 Å². The highest BCUT2D eigenvalue weighted by Gasteiger charge is 1.97. The Balaban J connectivity index is 1.86. The third-order valence-corrected chi connectivity index (χ3v) is 3.01. The molecule has 4 nitrogen and oxygen atoms in total. The second-order valence-electron chi connectivity index (χ2n) is 4.11. The van der Waals surface area contributed by atoms with Crippen molar-refractivity contribution in [2.75, 3.05) is 12.4 Å². The monoisotopic (exact) mass is 319 g/mol. The smallest absolute Gasteiger partial charge is 0.191 e. The van der Waals surface area contributed by atoms with Crippen molar-refractivity contribution in [2.24, 2.45) is 5.10 Å². The van der Waals surface area contributed by atoms with Gasteiger partial charge in [-0.25, -0.2) is 0 Å². The Kier molecular flexibility index (Phi) is 5.54. The van der Waals surface area contributed by atoms with Crippen molar-refractivity contribution in [3.8, 4) is 5.75 Å². The summed E-state index contributed by atoms with van der Waals surface area (Å²) in [7, 11) is 1.63. The first kappa shape index (κ1) is 15.3. The minimum absolute atomic E-state index is 0.391. The average molecular weight is 320 g/mol. The summed E-state index contributed by atoms with van der Waals surface area (Å²) in [6.07, 6.45) is 1.67. The van der Waals surface area contributed by atoms with E-state index in [4.69, 9.17) is 28.6 Å². The van der Waals surface area contributed by atoms with Gasteiger partial charge >= 0.3 is 0 Å². The molecule has 0 saturated heterocycles. The van der Waals surface area contributed by atoms with Crippen molar-refractivity contribution < 1.29 is 4.74 Å². The molecule has 2 rings (SSSR count). The summed E-state index contributed by atoms with van der Waals surface area (Å²) in [5.74, 6) is 0.804. The molecule has 2 aromatic carbocycles. The summed E-state index contributed by atoms with van der Waals surface area (Å²) in [5, 5.41) is 8.09. The first-order valence-electron chi connectivity index (χ1n) is 6.17. The highest BCUT2D eigenvalue weighted by atomic mass is 35.5. The molecule has 0 aromatic heterocycles. The number of methoxy groups -OCH3 is 1. The summed E-state index contributed by atoms with van der Waals surface area (Å²) < 4.78 is 5.09. The average Bonchev–Trinajstić information content (AvgIpc) is 2.48. The molecule has 21 heavy (non-hydrogen) atoms. The SMILES string of the molecule is COc1ccc(/C=N\NC(=S)Nc2cccc(Cl)c2)cc1. The Morgan fingerprint density at radius 1 is 1.24 bits per heavy atom. The molecular weight excluding hydrogens is 306 g/mol. The van der Waals surface area contributed by atoms with E-state index in [-0.39, 0.29) is 0 Å². The molecule has 0 amide bonds. The van der Waals surface area contributed by atoms with E-state index in [9.17, 15) is 0 Å². The lowest BCUT2D eigenvalue weighted by atomic mass is 10.2. The van der Waals surface area contributed by atoms with Gasteiger partial charge in [-0.2, -0.15) is 5.10 Å². The summed E-state index contributed by atoms with van der Waals surface area (Å²) >= 11 is 11.0. The zero-order valence-corrected chi connectivity index (χ0v) is 12.9. The Morgan fingerprint density at radius 2 is 2.00 bits per heavy atom. The molecular formula is C15H14ClN3OS. The van der Waals surface area contributed by atoms with Gasteiger partial charge in [-0.1, -0.05) is 17.7 Å². The predicted molar refractivity (Wildman–Crippen MR) is 91.4 cm³/mol. The quantitative estimate of drug-likeness (QED) is 0.513. The fourth-order valence-corrected chi connectivity index (χ4v) is 1.94. The topological polar surface area (TPSA) is 45.6 Å². The van der Waals surface area contributed by atoms with Crippen LogP contribution in [0.5, 0.6) is 5.75 Å². The van der Waals surface area contributed by atoms with Gasteiger partial charge in [0.05, 0.1) is 13.3 Å². The van der Waals surface area contributed by atoms with Crippen LogP contribution in [-0.4, -0.2) is 18.4 Å². The molecule has 0 aliphatic heterocycles. The number of anilines is 1. The van der Waals surface area contributed by atoms with E-state index in [1.807, 2.05) is 36.4 Å². The maximum atomic E-state index is 5.89. The first-order valence-corrected chi connectivity index (χ1v) is 6.95. The van der Waals surface area contributed by atoms with Gasteiger partial charge in [-0.05, 0) is 60.2 Å². The van der Waals surface area contributed by atoms with E-state index in [1.165, 1.54) is 0 Å². The van der Waals surface area contributed by atoms with Gasteiger partial charge in [-0.3, -0.25) is 5.43 Å². The zero-order valence-electron chi connectivity index (χ0n) is 11.3. The number of rotatable bonds is 4. The molecule has 0 aliphatic rings. The lowest BCUT2D eigenvalue weighted by Crippen LogP contribution is -2.23. The normalized spacial score (nSPS) is 10.4. The van der Waals surface area contributed by atoms with E-state index in [2.05, 4.69) is 15.8 Å². The molecule has 2 N–H and O–H groups in total. The predicted octanol–water partition coefficient (Wildman–Crippen LogP) is 3.67. The third kappa shape index (κ3) is 5.06. The van der Waals surface area contributed by atoms with Crippen LogP contribution in [0.1, 0.15) is 5.56 Å². The molecule has 6 heteroatoms. The molecule has 0 radical (unpaired) electrons. The van der Waals surface area contributed by atoms with Crippen LogP contribution in [0.15, 0.2) is 53.6 Å². The Morgan fingerprint density at radius 3 is 2.67 bits per heavy atom. The van der Waals surface area contributed by atoms with E-state index >= 15 is 0 Å². The Labute approximate surface area is 133 Å². The van der Waals surface area contributed by atoms with Crippen LogP contribution in [-0.2, 0) is 0 Å². The molecule has 0 saturated carbocycles. The highest BCUT2D eigenvalue weighted by molar-refractivity contribution is 7.80. The second kappa shape index (κ2) is 7.61. The van der Waals surface area contributed by atoms with Crippen molar-refractivity contribution in [3.63, 3.8) is 0 Å². The molecule has 0 heterocycles. The van der Waals surface area contributed by atoms with E-state index in [1.54, 1.807) is 25.5 Å². The number of thiocarbonyl (C=S) groups is 1. The summed E-state index contributed by atoms with van der Waals surface area (Å²) in [6, 6.07) is 14.8. The van der Waals surface area contributed by atoms with Gasteiger partial charge in [0.15, 0.2) is 5.11 Å². The van der Waals surface area contributed by atoms with Gasteiger partial charge in [0.25, 0.3) is 0 Å². The number of hydrogen-bond donors (Lipinski definition) is 2. The number of ether oxygens (including phenoxy) is 1. The van der Waals surface area contributed by atoms with Crippen LogP contribution in [0.3, 0.4) is 0 Å². The fourth-order valence-electron chi connectivity index (χ4n) is 1.58. The van der Waals surface area contributed by atoms with Crippen molar-refractivity contribution >= 4 is 40.8 Å². The summed E-state index contributed by atoms with van der Waals surface area (Å²) in [4.78, 5) is 0. The van der Waals surface area contributed by atoms with Crippen LogP contribution in [0.2, 0.25) is 5.02 Å². The molecule has 2 aromatic rings. The largest absolute Gasteiger partial charge is 0.497 e. The van der Waals surface area contributed by atoms with Crippen molar-refractivity contribution in [2.45, 2.75) is 0 Å². The van der Waals surface area contributed by atoms with Gasteiger partial charge < -0.3 is 10.1 Å². The van der Waals surface area contributed by atoms with Crippen LogP contribution >= 0.6 is 23.8 Å². The molecule has 0 bridgehead atoms. The van der Waals surface area contributed by atoms with E-state index in [0.29, 0.717) is 10.1 Å². The minimum Gasteiger partial charge on any atom is -0.497 e. The Bertz CT molecular complexity index is 644. The van der Waals surface area contributed by atoms with Gasteiger partial charge in [0.1, 0.15) is 5.75 Å². The maximum Gasteiger partial charge on any atom is 0.191 e. The lowest BCUT2D eigenvalue weighted by molar-refractivity contribution is 0.415. The number of hydrogen-bond acceptors (Lipinski definition) is 3. The first-order chi connectivity index (χ1) is 10.2. The van der Waals surface area contributed by atoms with Crippen LogP contribution < -0.4 is 15.5 Å². The zero-order chi connectivity index (χ0) is 15.1. The summed E-state index contributed by atoms with van der Waals surface area (Å²) in [5.41, 5.74) is 4.49. The fraction of sp³-hybridized carbons (Fsp3) is 0.0667.